The van der Waals surface area contributed by atoms with Crippen LogP contribution in [0.4, 0.5) is 0 Å². The third kappa shape index (κ3) is 4.16. The molecule has 0 aromatic heterocycles. The van der Waals surface area contributed by atoms with Gasteiger partial charge in [0.25, 0.3) is 5.91 Å². The third-order valence-electron chi connectivity index (χ3n) is 3.28. The number of carboxylic acid groups (broad SMARTS) is 2. The van der Waals surface area contributed by atoms with Gasteiger partial charge in [0, 0.05) is 6.54 Å². The minimum Gasteiger partial charge on any atom is -0.478 e. The number of nitrogens with one attached hydrogen (secondary N) is 1. The number of amides is 1. The molecular formula is C17H15NO5. The molecule has 118 valence electrons. The highest BCUT2D eigenvalue weighted by molar-refractivity contribution is 6.06. The van der Waals surface area contributed by atoms with Gasteiger partial charge in [-0.15, -0.1) is 0 Å². The monoisotopic (exact) mass is 313 g/mol. The first kappa shape index (κ1) is 16.2. The largest absolute Gasteiger partial charge is 0.478 e. The van der Waals surface area contributed by atoms with E-state index >= 15 is 0 Å². The number of hydrogen-bond donors (Lipinski definition) is 3. The summed E-state index contributed by atoms with van der Waals surface area (Å²) in [4.78, 5) is 34.3. The SMILES string of the molecule is O=C(O)c1ccc(C(=O)O)c(C(=O)NCCc2ccccc2)c1. The molecule has 2 aromatic carbocycles. The maximum Gasteiger partial charge on any atom is 0.336 e. The molecule has 0 radical (unpaired) electrons. The number of carboxylic acids is 2. The Morgan fingerprint density at radius 1 is 0.870 bits per heavy atom. The second-order valence-electron chi connectivity index (χ2n) is 4.86. The van der Waals surface area contributed by atoms with Crippen LogP contribution >= 0.6 is 0 Å². The maximum absolute atomic E-state index is 12.2. The fourth-order valence-electron chi connectivity index (χ4n) is 2.11. The summed E-state index contributed by atoms with van der Waals surface area (Å²) in [6.07, 6.45) is 0.591. The smallest absolute Gasteiger partial charge is 0.336 e. The van der Waals surface area contributed by atoms with E-state index in [-0.39, 0.29) is 16.7 Å². The zero-order valence-corrected chi connectivity index (χ0v) is 12.2. The molecule has 0 bridgehead atoms. The van der Waals surface area contributed by atoms with E-state index in [1.165, 1.54) is 0 Å². The van der Waals surface area contributed by atoms with Gasteiger partial charge in [0.2, 0.25) is 0 Å². The highest BCUT2D eigenvalue weighted by Gasteiger charge is 2.18. The Kier molecular flexibility index (Phi) is 5.09. The summed E-state index contributed by atoms with van der Waals surface area (Å²) in [5, 5.41) is 20.7. The fraction of sp³-hybridized carbons (Fsp3) is 0.118. The molecule has 0 fully saturated rings. The van der Waals surface area contributed by atoms with Gasteiger partial charge in [-0.3, -0.25) is 4.79 Å². The predicted molar refractivity (Wildman–Crippen MR) is 82.8 cm³/mol. The van der Waals surface area contributed by atoms with Crippen molar-refractivity contribution in [3.05, 3.63) is 70.8 Å². The normalized spacial score (nSPS) is 10.1. The van der Waals surface area contributed by atoms with Crippen molar-refractivity contribution in [1.82, 2.24) is 5.32 Å². The average Bonchev–Trinajstić information content (AvgIpc) is 2.55. The fourth-order valence-corrected chi connectivity index (χ4v) is 2.11. The standard InChI is InChI=1S/C17H15NO5/c19-15(18-9-8-11-4-2-1-3-5-11)14-10-12(16(20)21)6-7-13(14)17(22)23/h1-7,10H,8-9H2,(H,18,19)(H,20,21)(H,22,23). The first-order valence-corrected chi connectivity index (χ1v) is 6.92. The van der Waals surface area contributed by atoms with Crippen LogP contribution in [0.3, 0.4) is 0 Å². The second kappa shape index (κ2) is 7.22. The first-order valence-electron chi connectivity index (χ1n) is 6.92. The van der Waals surface area contributed by atoms with E-state index in [2.05, 4.69) is 5.32 Å². The van der Waals surface area contributed by atoms with Crippen LogP contribution in [0.25, 0.3) is 0 Å². The Morgan fingerprint density at radius 2 is 1.57 bits per heavy atom. The molecule has 0 spiro atoms. The van der Waals surface area contributed by atoms with Crippen LogP contribution in [0.2, 0.25) is 0 Å². The Morgan fingerprint density at radius 3 is 2.17 bits per heavy atom. The molecule has 0 saturated heterocycles. The lowest BCUT2D eigenvalue weighted by atomic mass is 10.0. The molecule has 0 heterocycles. The Balaban J connectivity index is 2.12. The molecule has 2 aromatic rings. The lowest BCUT2D eigenvalue weighted by molar-refractivity contribution is 0.0678. The lowest BCUT2D eigenvalue weighted by Gasteiger charge is -2.09. The van der Waals surface area contributed by atoms with Crippen LogP contribution < -0.4 is 5.32 Å². The molecule has 1 amide bonds. The molecule has 3 N–H and O–H groups in total. The van der Waals surface area contributed by atoms with Crippen LogP contribution in [-0.2, 0) is 6.42 Å². The molecule has 23 heavy (non-hydrogen) atoms. The second-order valence-corrected chi connectivity index (χ2v) is 4.86. The Hall–Kier alpha value is -3.15. The van der Waals surface area contributed by atoms with Crippen molar-refractivity contribution in [2.45, 2.75) is 6.42 Å². The first-order chi connectivity index (χ1) is 11.0. The molecule has 0 saturated carbocycles. The number of carbonyl (C=O) groups excluding carboxylic acids is 1. The molecule has 6 nitrogen and oxygen atoms in total. The molecule has 0 aliphatic heterocycles. The highest BCUT2D eigenvalue weighted by Crippen LogP contribution is 2.13. The van der Waals surface area contributed by atoms with Crippen LogP contribution in [0.15, 0.2) is 48.5 Å². The quantitative estimate of drug-likeness (QED) is 0.757. The summed E-state index contributed by atoms with van der Waals surface area (Å²) >= 11 is 0. The molecule has 6 heteroatoms. The summed E-state index contributed by atoms with van der Waals surface area (Å²) in [6.45, 7) is 0.319. The van der Waals surface area contributed by atoms with Gasteiger partial charge in [0.05, 0.1) is 16.7 Å². The third-order valence-corrected chi connectivity index (χ3v) is 3.28. The minimum atomic E-state index is -1.28. The van der Waals surface area contributed by atoms with Crippen molar-refractivity contribution < 1.29 is 24.6 Å². The molecule has 2 rings (SSSR count). The van der Waals surface area contributed by atoms with Crippen molar-refractivity contribution in [2.75, 3.05) is 6.54 Å². The molecule has 0 unspecified atom stereocenters. The number of benzene rings is 2. The summed E-state index contributed by atoms with van der Waals surface area (Å²) in [7, 11) is 0. The molecule has 0 aliphatic rings. The molecular weight excluding hydrogens is 298 g/mol. The van der Waals surface area contributed by atoms with Crippen molar-refractivity contribution in [1.29, 1.82) is 0 Å². The summed E-state index contributed by atoms with van der Waals surface area (Å²) in [5.74, 6) is -3.11. The van der Waals surface area contributed by atoms with Gasteiger partial charge in [-0.05, 0) is 30.2 Å². The zero-order valence-electron chi connectivity index (χ0n) is 12.2. The average molecular weight is 313 g/mol. The Bertz CT molecular complexity index is 740. The van der Waals surface area contributed by atoms with Crippen molar-refractivity contribution >= 4 is 17.8 Å². The topological polar surface area (TPSA) is 104 Å². The van der Waals surface area contributed by atoms with E-state index < -0.39 is 17.8 Å². The van der Waals surface area contributed by atoms with Crippen molar-refractivity contribution in [3.63, 3.8) is 0 Å². The van der Waals surface area contributed by atoms with Crippen LogP contribution in [0.1, 0.15) is 36.6 Å². The molecule has 0 atom stereocenters. The molecule has 0 aliphatic carbocycles. The number of rotatable bonds is 6. The predicted octanol–water partition coefficient (Wildman–Crippen LogP) is 2.06. The van der Waals surface area contributed by atoms with Gasteiger partial charge < -0.3 is 15.5 Å². The minimum absolute atomic E-state index is 0.136. The number of carbonyl (C=O) groups is 3. The lowest BCUT2D eigenvalue weighted by Crippen LogP contribution is -2.27. The van der Waals surface area contributed by atoms with Gasteiger partial charge >= 0.3 is 11.9 Å². The van der Waals surface area contributed by atoms with Gasteiger partial charge in [-0.25, -0.2) is 9.59 Å². The van der Waals surface area contributed by atoms with Gasteiger partial charge in [0.1, 0.15) is 0 Å². The van der Waals surface area contributed by atoms with Crippen LogP contribution in [0.5, 0.6) is 0 Å². The van der Waals surface area contributed by atoms with E-state index in [4.69, 9.17) is 10.2 Å². The van der Waals surface area contributed by atoms with E-state index in [1.54, 1.807) is 0 Å². The zero-order chi connectivity index (χ0) is 16.8. The van der Waals surface area contributed by atoms with Crippen molar-refractivity contribution in [3.8, 4) is 0 Å². The van der Waals surface area contributed by atoms with E-state index in [0.29, 0.717) is 13.0 Å². The van der Waals surface area contributed by atoms with Crippen LogP contribution in [0, 0.1) is 0 Å². The summed E-state index contributed by atoms with van der Waals surface area (Å²) < 4.78 is 0. The summed E-state index contributed by atoms with van der Waals surface area (Å²) in [5.41, 5.74) is 0.506. The van der Waals surface area contributed by atoms with Gasteiger partial charge in [-0.1, -0.05) is 30.3 Å². The number of hydrogen-bond acceptors (Lipinski definition) is 3. The maximum atomic E-state index is 12.2. The van der Waals surface area contributed by atoms with Gasteiger partial charge in [-0.2, -0.15) is 0 Å². The van der Waals surface area contributed by atoms with Crippen molar-refractivity contribution in [2.24, 2.45) is 0 Å². The number of aromatic carboxylic acids is 2. The van der Waals surface area contributed by atoms with E-state index in [0.717, 1.165) is 23.8 Å². The van der Waals surface area contributed by atoms with E-state index in [1.807, 2.05) is 30.3 Å². The van der Waals surface area contributed by atoms with Gasteiger partial charge in [0.15, 0.2) is 0 Å². The summed E-state index contributed by atoms with van der Waals surface area (Å²) in [6, 6.07) is 12.8. The highest BCUT2D eigenvalue weighted by atomic mass is 16.4. The van der Waals surface area contributed by atoms with Crippen LogP contribution in [-0.4, -0.2) is 34.6 Å². The van der Waals surface area contributed by atoms with E-state index in [9.17, 15) is 14.4 Å². The Labute approximate surface area is 132 Å².